The molecular formula is C51H54B22N4O2. The Morgan fingerprint density at radius 3 is 0.975 bits per heavy atom. The maximum absolute atomic E-state index is 7.52. The molecule has 3 heterocycles. The summed E-state index contributed by atoms with van der Waals surface area (Å²) in [6.45, 7) is 0. The first-order valence-corrected chi connectivity index (χ1v) is 28.2. The number of anilines is 3. The van der Waals surface area contributed by atoms with Gasteiger partial charge in [0.15, 0.2) is 17.5 Å². The molecule has 28 heteroatoms. The molecule has 0 bridgehead atoms. The van der Waals surface area contributed by atoms with Crippen molar-refractivity contribution in [3.63, 3.8) is 0 Å². The van der Waals surface area contributed by atoms with Crippen molar-refractivity contribution in [2.24, 2.45) is 0 Å². The standard InChI is InChI=1S/C51H54B22N4O2/c52-20-14(21(53)29(61)32(64)28(20)60)15-22(54)35(67)44(36(68)23(15)55)77(42-26(58)18-17-25(57)31(63)34(66)39(71)47(17)79-48(18)40(72)37(42)69)43-27(59)19(13-16-24(56)30(62)33(65)38(70)46(16)78-45(13)41(43)73)51-75-49(11-7-3-1-4-8-11)74-50(76-51)12-9-5-2-6-10-12/h1-10H,52-73H2. The van der Waals surface area contributed by atoms with E-state index in [1.54, 1.807) is 0 Å². The van der Waals surface area contributed by atoms with E-state index < -0.39 is 0 Å². The molecular weight excluding hydrogens is 938 g/mol. The minimum Gasteiger partial charge on any atom is -0.457 e. The summed E-state index contributed by atoms with van der Waals surface area (Å²) in [5.41, 5.74) is 39.5. The number of nitrogens with zero attached hydrogens (tertiary/aromatic N) is 4. The number of hydrogen-bond acceptors (Lipinski definition) is 6. The van der Waals surface area contributed by atoms with Crippen LogP contribution in [-0.2, 0) is 0 Å². The molecule has 0 N–H and O–H groups in total. The van der Waals surface area contributed by atoms with Crippen LogP contribution >= 0.6 is 0 Å². The second-order valence-electron chi connectivity index (χ2n) is 23.3. The van der Waals surface area contributed by atoms with Gasteiger partial charge in [-0.3, -0.25) is 0 Å². The Labute approximate surface area is 485 Å². The maximum Gasteiger partial charge on any atom is 0.164 e. The predicted octanol–water partition coefficient (Wildman–Crippen LogP) is -24.5. The summed E-state index contributed by atoms with van der Waals surface area (Å²) in [4.78, 5) is 19.0. The molecule has 8 aromatic carbocycles. The van der Waals surface area contributed by atoms with Gasteiger partial charge >= 0.3 is 0 Å². The molecule has 11 rings (SSSR count). The van der Waals surface area contributed by atoms with Gasteiger partial charge in [0.05, 0.1) is 0 Å². The minimum absolute atomic E-state index is 0.597. The van der Waals surface area contributed by atoms with Gasteiger partial charge in [-0.2, -0.15) is 0 Å². The summed E-state index contributed by atoms with van der Waals surface area (Å²) in [5.74, 6) is 1.82. The summed E-state index contributed by atoms with van der Waals surface area (Å²) in [5, 5.41) is 4.47. The molecule has 0 saturated heterocycles. The summed E-state index contributed by atoms with van der Waals surface area (Å²) < 4.78 is 14.7. The zero-order valence-electron chi connectivity index (χ0n) is 50.9. The molecule has 0 spiro atoms. The third-order valence-corrected chi connectivity index (χ3v) is 19.7. The summed E-state index contributed by atoms with van der Waals surface area (Å²) in [6, 6.07) is 20.6. The first-order valence-electron chi connectivity index (χ1n) is 28.2. The Hall–Kier alpha value is -6.40. The first kappa shape index (κ1) is 54.5. The maximum atomic E-state index is 7.52. The predicted molar refractivity (Wildman–Crippen MR) is 411 cm³/mol. The van der Waals surface area contributed by atoms with E-state index in [9.17, 15) is 0 Å². The van der Waals surface area contributed by atoms with E-state index in [1.165, 1.54) is 104 Å². The van der Waals surface area contributed by atoms with Crippen molar-refractivity contribution in [1.29, 1.82) is 0 Å². The minimum atomic E-state index is 0.597. The van der Waals surface area contributed by atoms with E-state index in [0.29, 0.717) is 17.5 Å². The van der Waals surface area contributed by atoms with Crippen molar-refractivity contribution in [2.75, 3.05) is 4.90 Å². The second-order valence-corrected chi connectivity index (χ2v) is 23.3. The molecule has 79 heavy (non-hydrogen) atoms. The monoisotopic (exact) mass is 997 g/mol. The largest absolute Gasteiger partial charge is 0.457 e. The zero-order valence-corrected chi connectivity index (χ0v) is 50.9. The van der Waals surface area contributed by atoms with Crippen molar-refractivity contribution < 1.29 is 8.83 Å². The van der Waals surface area contributed by atoms with E-state index in [0.717, 1.165) is 105 Å². The van der Waals surface area contributed by atoms with Crippen LogP contribution in [0.1, 0.15) is 0 Å². The lowest BCUT2D eigenvalue weighted by molar-refractivity contribution is 0.674. The van der Waals surface area contributed by atoms with Crippen molar-refractivity contribution in [3.05, 3.63) is 60.7 Å². The van der Waals surface area contributed by atoms with E-state index in [-0.39, 0.29) is 0 Å². The van der Waals surface area contributed by atoms with Gasteiger partial charge < -0.3 is 13.7 Å². The van der Waals surface area contributed by atoms with E-state index in [1.807, 2.05) is 12.1 Å². The summed E-state index contributed by atoms with van der Waals surface area (Å²) >= 11 is 0. The van der Waals surface area contributed by atoms with Crippen LogP contribution in [-0.4, -0.2) is 188 Å². The van der Waals surface area contributed by atoms with Gasteiger partial charge in [-0.1, -0.05) is 148 Å². The van der Waals surface area contributed by atoms with Gasteiger partial charge in [-0.05, 0) is 16.6 Å². The number of benzene rings is 8. The third kappa shape index (κ3) is 7.89. The van der Waals surface area contributed by atoms with Crippen LogP contribution in [0.3, 0.4) is 0 Å². The van der Waals surface area contributed by atoms with Crippen LogP contribution in [0, 0.1) is 0 Å². The summed E-state index contributed by atoms with van der Waals surface area (Å²) in [6.07, 6.45) is 0. The van der Waals surface area contributed by atoms with Crippen LogP contribution in [0.25, 0.3) is 89.2 Å². The Bertz CT molecular complexity index is 4420. The van der Waals surface area contributed by atoms with Gasteiger partial charge in [-0.25, -0.2) is 15.0 Å². The molecule has 0 aliphatic rings. The molecule has 0 fully saturated rings. The molecule has 0 unspecified atom stereocenters. The Balaban J connectivity index is 1.38. The normalized spacial score (nSPS) is 11.6. The first-order chi connectivity index (χ1) is 37.4. The van der Waals surface area contributed by atoms with Gasteiger partial charge in [0.2, 0.25) is 0 Å². The van der Waals surface area contributed by atoms with Crippen molar-refractivity contribution in [3.8, 4) is 45.3 Å². The fourth-order valence-corrected chi connectivity index (χ4v) is 13.6. The Morgan fingerprint density at radius 2 is 0.532 bits per heavy atom. The molecule has 356 valence electrons. The smallest absolute Gasteiger partial charge is 0.164 e. The molecule has 0 radical (unpaired) electrons. The third-order valence-electron chi connectivity index (χ3n) is 19.7. The highest BCUT2D eigenvalue weighted by molar-refractivity contribution is 6.73. The average molecular weight is 993 g/mol. The highest BCUT2D eigenvalue weighted by atomic mass is 16.3. The van der Waals surface area contributed by atoms with Gasteiger partial charge in [0.25, 0.3) is 0 Å². The molecule has 0 saturated carbocycles. The lowest BCUT2D eigenvalue weighted by Gasteiger charge is -2.38. The number of aromatic nitrogens is 3. The molecule has 11 aromatic rings. The number of furan rings is 2. The zero-order chi connectivity index (χ0) is 56.9. The van der Waals surface area contributed by atoms with Crippen molar-refractivity contribution in [2.45, 2.75) is 0 Å². The fourth-order valence-electron chi connectivity index (χ4n) is 13.6. The van der Waals surface area contributed by atoms with Crippen LogP contribution < -0.4 is 125 Å². The van der Waals surface area contributed by atoms with Gasteiger partial charge in [0.1, 0.15) is 195 Å². The van der Waals surface area contributed by atoms with Crippen molar-refractivity contribution >= 4 is 354 Å². The summed E-state index contributed by atoms with van der Waals surface area (Å²) in [7, 11) is 50.2. The molecule has 0 aliphatic heterocycles. The second kappa shape index (κ2) is 19.7. The molecule has 6 nitrogen and oxygen atoms in total. The van der Waals surface area contributed by atoms with Crippen LogP contribution in [0.5, 0.6) is 0 Å². The lowest BCUT2D eigenvalue weighted by Crippen LogP contribution is -2.57. The van der Waals surface area contributed by atoms with E-state index in [4.69, 9.17) is 23.8 Å². The Kier molecular flexibility index (Phi) is 13.6. The number of fused-ring (bicyclic) bond motifs is 6. The van der Waals surface area contributed by atoms with Crippen LogP contribution in [0.15, 0.2) is 69.5 Å². The van der Waals surface area contributed by atoms with E-state index in [2.05, 4.69) is 226 Å². The topological polar surface area (TPSA) is 68.2 Å². The van der Waals surface area contributed by atoms with Gasteiger partial charge in [0, 0.05) is 55.3 Å². The number of hydrogen-bond donors (Lipinski definition) is 0. The molecule has 0 amide bonds. The van der Waals surface area contributed by atoms with Crippen LogP contribution in [0.2, 0.25) is 0 Å². The SMILES string of the molecule is Bc1c(B)c(B)c(-c2c(B)c(B)c(N(c3c(B)c(-c4nc(-c5ccccc5)nc(-c5ccccc5)n4)c4c(oc5c(B)c(B)c(B)c(B)c54)c3B)c3c(B)c(B)c4oc5c(B)c(B)c(B)c(B)c5c4c3B)c(B)c2B)c(B)c1B. The highest BCUT2D eigenvalue weighted by Crippen LogP contribution is 2.39. The number of rotatable bonds is 7. The Morgan fingerprint density at radius 1 is 0.241 bits per heavy atom. The quantitative estimate of drug-likeness (QED) is 0.148. The molecule has 3 aromatic heterocycles. The molecule has 0 atom stereocenters. The molecule has 0 aliphatic carbocycles. The fraction of sp³-hybridized carbons (Fsp3) is 0. The highest BCUT2D eigenvalue weighted by Gasteiger charge is 2.34. The lowest BCUT2D eigenvalue weighted by atomic mass is 9.56. The van der Waals surface area contributed by atoms with Crippen molar-refractivity contribution in [1.82, 2.24) is 15.0 Å². The van der Waals surface area contributed by atoms with E-state index >= 15 is 0 Å². The van der Waals surface area contributed by atoms with Gasteiger partial charge in [-0.15, -0.1) is 27.3 Å². The average Bonchev–Trinajstić information content (AvgIpc) is 3.94. The van der Waals surface area contributed by atoms with Crippen LogP contribution in [0.4, 0.5) is 17.1 Å².